The van der Waals surface area contributed by atoms with Crippen molar-refractivity contribution in [3.05, 3.63) is 58.5 Å². The van der Waals surface area contributed by atoms with Crippen LogP contribution in [0.4, 0.5) is 5.69 Å². The van der Waals surface area contributed by atoms with Gasteiger partial charge >= 0.3 is 11.9 Å². The average Bonchev–Trinajstić information content (AvgIpc) is 3.02. The lowest BCUT2D eigenvalue weighted by Crippen LogP contribution is -2.23. The van der Waals surface area contributed by atoms with Crippen molar-refractivity contribution >= 4 is 46.5 Å². The first-order valence-electron chi connectivity index (χ1n) is 9.36. The van der Waals surface area contributed by atoms with E-state index in [-0.39, 0.29) is 17.2 Å². The fourth-order valence-corrected chi connectivity index (χ4v) is 3.72. The zero-order valence-corrected chi connectivity index (χ0v) is 18.3. The molecule has 32 heavy (non-hydrogen) atoms. The summed E-state index contributed by atoms with van der Waals surface area (Å²) in [6.07, 6.45) is 0.610. The molecule has 1 saturated heterocycles. The summed E-state index contributed by atoms with van der Waals surface area (Å²) in [5.74, 6) is -1.82. The SMILES string of the molecule is COc1cc(/C=C2\SC(=Nc3cccc(C(=O)O)c3)N(C)C2=O)ccc1O[C@H](C)C(=O)O. The molecule has 10 heteroatoms. The van der Waals surface area contributed by atoms with E-state index in [9.17, 15) is 14.4 Å². The monoisotopic (exact) mass is 456 g/mol. The highest BCUT2D eigenvalue weighted by atomic mass is 32.2. The van der Waals surface area contributed by atoms with Gasteiger partial charge in [0.1, 0.15) is 0 Å². The number of carbonyl (C=O) groups is 3. The van der Waals surface area contributed by atoms with E-state index in [1.54, 1.807) is 43.5 Å². The molecule has 2 aromatic carbocycles. The molecule has 1 amide bonds. The van der Waals surface area contributed by atoms with Crippen molar-refractivity contribution in [2.24, 2.45) is 4.99 Å². The summed E-state index contributed by atoms with van der Waals surface area (Å²) in [6, 6.07) is 11.0. The predicted octanol–water partition coefficient (Wildman–Crippen LogP) is 3.48. The highest BCUT2D eigenvalue weighted by molar-refractivity contribution is 8.18. The molecule has 1 atom stereocenters. The summed E-state index contributed by atoms with van der Waals surface area (Å²) in [5, 5.41) is 18.6. The molecule has 0 saturated carbocycles. The molecule has 2 N–H and O–H groups in total. The first-order valence-corrected chi connectivity index (χ1v) is 10.2. The third-order valence-corrected chi connectivity index (χ3v) is 5.52. The van der Waals surface area contributed by atoms with Crippen molar-refractivity contribution in [1.82, 2.24) is 4.90 Å². The van der Waals surface area contributed by atoms with Crippen LogP contribution in [0.15, 0.2) is 52.4 Å². The Labute approximate surface area is 188 Å². The fourth-order valence-electron chi connectivity index (χ4n) is 2.73. The number of aromatic carboxylic acids is 1. The second kappa shape index (κ2) is 9.56. The number of aliphatic carboxylic acids is 1. The number of thioether (sulfide) groups is 1. The van der Waals surface area contributed by atoms with E-state index < -0.39 is 18.0 Å². The minimum absolute atomic E-state index is 0.103. The molecule has 1 fully saturated rings. The molecule has 1 heterocycles. The fraction of sp³-hybridized carbons (Fsp3) is 0.182. The number of benzene rings is 2. The number of carboxylic acids is 2. The normalized spacial score (nSPS) is 17.0. The topological polar surface area (TPSA) is 126 Å². The lowest BCUT2D eigenvalue weighted by atomic mass is 10.2. The van der Waals surface area contributed by atoms with Crippen LogP contribution in [0.5, 0.6) is 11.5 Å². The minimum Gasteiger partial charge on any atom is -0.493 e. The number of methoxy groups -OCH3 is 1. The molecule has 0 aromatic heterocycles. The summed E-state index contributed by atoms with van der Waals surface area (Å²) >= 11 is 1.15. The van der Waals surface area contributed by atoms with Gasteiger partial charge in [0, 0.05) is 7.05 Å². The van der Waals surface area contributed by atoms with Crippen molar-refractivity contribution in [3.8, 4) is 11.5 Å². The van der Waals surface area contributed by atoms with Gasteiger partial charge in [-0.25, -0.2) is 14.6 Å². The van der Waals surface area contributed by atoms with E-state index in [0.717, 1.165) is 11.8 Å². The third kappa shape index (κ3) is 5.09. The molecule has 0 radical (unpaired) electrons. The summed E-state index contributed by atoms with van der Waals surface area (Å²) in [5.41, 5.74) is 1.17. The molecule has 0 unspecified atom stereocenters. The van der Waals surface area contributed by atoms with E-state index >= 15 is 0 Å². The third-order valence-electron chi connectivity index (χ3n) is 4.46. The molecule has 0 spiro atoms. The molecule has 166 valence electrons. The van der Waals surface area contributed by atoms with Crippen molar-refractivity contribution in [2.45, 2.75) is 13.0 Å². The van der Waals surface area contributed by atoms with Gasteiger partial charge in [-0.3, -0.25) is 9.69 Å². The Bertz CT molecular complexity index is 1140. The summed E-state index contributed by atoms with van der Waals surface area (Å²) in [4.78, 5) is 41.0. The van der Waals surface area contributed by atoms with Gasteiger partial charge in [0.05, 0.1) is 23.3 Å². The molecule has 0 aliphatic carbocycles. The van der Waals surface area contributed by atoms with Crippen molar-refractivity contribution in [2.75, 3.05) is 14.2 Å². The predicted molar refractivity (Wildman–Crippen MR) is 120 cm³/mol. The van der Waals surface area contributed by atoms with Gasteiger partial charge < -0.3 is 19.7 Å². The summed E-state index contributed by atoms with van der Waals surface area (Å²) in [7, 11) is 3.02. The van der Waals surface area contributed by atoms with Gasteiger partial charge in [0.15, 0.2) is 22.8 Å². The Balaban J connectivity index is 1.86. The van der Waals surface area contributed by atoms with E-state index in [2.05, 4.69) is 4.99 Å². The Morgan fingerprint density at radius 3 is 2.56 bits per heavy atom. The number of carboxylic acid groups (broad SMARTS) is 2. The molecule has 1 aliphatic heterocycles. The highest BCUT2D eigenvalue weighted by Gasteiger charge is 2.30. The molecule has 9 nitrogen and oxygen atoms in total. The molecule has 2 aromatic rings. The summed E-state index contributed by atoms with van der Waals surface area (Å²) < 4.78 is 10.7. The summed E-state index contributed by atoms with van der Waals surface area (Å²) in [6.45, 7) is 1.41. The second-order valence-electron chi connectivity index (χ2n) is 6.73. The van der Waals surface area contributed by atoms with Gasteiger partial charge in [-0.2, -0.15) is 0 Å². The van der Waals surface area contributed by atoms with Crippen LogP contribution in [-0.2, 0) is 9.59 Å². The van der Waals surface area contributed by atoms with Crippen LogP contribution >= 0.6 is 11.8 Å². The smallest absolute Gasteiger partial charge is 0.344 e. The van der Waals surface area contributed by atoms with Crippen LogP contribution < -0.4 is 9.47 Å². The Morgan fingerprint density at radius 2 is 1.91 bits per heavy atom. The number of carbonyl (C=O) groups excluding carboxylic acids is 1. The van der Waals surface area contributed by atoms with E-state index in [1.807, 2.05) is 0 Å². The number of aliphatic imine (C=N–C) groups is 1. The maximum absolute atomic E-state index is 12.7. The van der Waals surface area contributed by atoms with E-state index in [1.165, 1.54) is 31.1 Å². The van der Waals surface area contributed by atoms with Crippen LogP contribution in [0, 0.1) is 0 Å². The second-order valence-corrected chi connectivity index (χ2v) is 7.74. The van der Waals surface area contributed by atoms with Gasteiger partial charge in [-0.15, -0.1) is 0 Å². The number of rotatable bonds is 7. The molecular weight excluding hydrogens is 436 g/mol. The first kappa shape index (κ1) is 22.9. The minimum atomic E-state index is -1.10. The molecular formula is C22H20N2O7S. The van der Waals surface area contributed by atoms with Gasteiger partial charge in [0.2, 0.25) is 0 Å². The lowest BCUT2D eigenvalue weighted by molar-refractivity contribution is -0.144. The number of ether oxygens (including phenoxy) is 2. The standard InChI is InChI=1S/C22H20N2O7S/c1-12(20(26)27)31-16-8-7-13(9-17(16)30-3)10-18-19(25)24(2)22(32-18)23-15-6-4-5-14(11-15)21(28)29/h4-12H,1-3H3,(H,26,27)(H,28,29)/b18-10-,23-22?/t12-/m1/s1. The van der Waals surface area contributed by atoms with Crippen LogP contribution in [0.25, 0.3) is 6.08 Å². The Morgan fingerprint density at radius 1 is 1.16 bits per heavy atom. The maximum Gasteiger partial charge on any atom is 0.344 e. The van der Waals surface area contributed by atoms with Gasteiger partial charge in [0.25, 0.3) is 5.91 Å². The first-order chi connectivity index (χ1) is 15.2. The van der Waals surface area contributed by atoms with E-state index in [4.69, 9.17) is 19.7 Å². The highest BCUT2D eigenvalue weighted by Crippen LogP contribution is 2.35. The molecule has 1 aliphatic rings. The Kier molecular flexibility index (Phi) is 6.84. The van der Waals surface area contributed by atoms with Crippen LogP contribution in [0.2, 0.25) is 0 Å². The van der Waals surface area contributed by atoms with Crippen LogP contribution in [0.1, 0.15) is 22.8 Å². The van der Waals surface area contributed by atoms with Crippen LogP contribution in [-0.4, -0.2) is 58.4 Å². The van der Waals surface area contributed by atoms with Crippen molar-refractivity contribution in [1.29, 1.82) is 0 Å². The largest absolute Gasteiger partial charge is 0.493 e. The lowest BCUT2D eigenvalue weighted by Gasteiger charge is -2.14. The van der Waals surface area contributed by atoms with Gasteiger partial charge in [-0.05, 0) is 60.7 Å². The van der Waals surface area contributed by atoms with Crippen molar-refractivity contribution in [3.63, 3.8) is 0 Å². The zero-order valence-electron chi connectivity index (χ0n) is 17.4. The number of hydrogen-bond acceptors (Lipinski definition) is 7. The van der Waals surface area contributed by atoms with Crippen LogP contribution in [0.3, 0.4) is 0 Å². The number of amides is 1. The maximum atomic E-state index is 12.7. The van der Waals surface area contributed by atoms with E-state index in [0.29, 0.717) is 27.1 Å². The average molecular weight is 456 g/mol. The zero-order chi connectivity index (χ0) is 23.4. The molecule has 0 bridgehead atoms. The molecule has 3 rings (SSSR count). The van der Waals surface area contributed by atoms with Gasteiger partial charge in [-0.1, -0.05) is 12.1 Å². The number of amidine groups is 1. The Hall–Kier alpha value is -3.79. The number of nitrogens with zero attached hydrogens (tertiary/aromatic N) is 2. The van der Waals surface area contributed by atoms with Crippen molar-refractivity contribution < 1.29 is 34.1 Å². The number of hydrogen-bond donors (Lipinski definition) is 2. The quantitative estimate of drug-likeness (QED) is 0.607. The number of likely N-dealkylation sites (N-methyl/N-ethyl adjacent to an activating group) is 1.